The van der Waals surface area contributed by atoms with Crippen LogP contribution in [0.2, 0.25) is 0 Å². The molecule has 2 N–H and O–H groups in total. The Morgan fingerprint density at radius 2 is 2.11 bits per heavy atom. The van der Waals surface area contributed by atoms with E-state index >= 15 is 0 Å². The van der Waals surface area contributed by atoms with Crippen LogP contribution < -0.4 is 5.73 Å². The third kappa shape index (κ3) is 3.32. The lowest BCUT2D eigenvalue weighted by Crippen LogP contribution is -2.61. The topological polar surface area (TPSA) is 38.5 Å². The Labute approximate surface area is 118 Å². The average molecular weight is 268 g/mol. The SMILES string of the molecule is CCCC1CC(CN)(N2CCC(C)C(C)C2)CCO1. The normalized spacial score (nSPS) is 41.4. The van der Waals surface area contributed by atoms with Gasteiger partial charge in [-0.05, 0) is 44.1 Å². The van der Waals surface area contributed by atoms with Crippen LogP contribution in [0.3, 0.4) is 0 Å². The van der Waals surface area contributed by atoms with Crippen molar-refractivity contribution in [2.75, 3.05) is 26.2 Å². The van der Waals surface area contributed by atoms with Crippen LogP contribution in [0.15, 0.2) is 0 Å². The van der Waals surface area contributed by atoms with E-state index in [1.54, 1.807) is 0 Å². The van der Waals surface area contributed by atoms with E-state index in [1.807, 2.05) is 0 Å². The first-order chi connectivity index (χ1) is 9.11. The second-order valence-electron chi connectivity index (χ2n) is 6.85. The van der Waals surface area contributed by atoms with E-state index in [-0.39, 0.29) is 5.54 Å². The van der Waals surface area contributed by atoms with Crippen LogP contribution in [0.25, 0.3) is 0 Å². The highest BCUT2D eigenvalue weighted by atomic mass is 16.5. The number of nitrogens with zero attached hydrogens (tertiary/aromatic N) is 1. The van der Waals surface area contributed by atoms with E-state index in [0.717, 1.165) is 37.8 Å². The number of nitrogens with two attached hydrogens (primary N) is 1. The van der Waals surface area contributed by atoms with Crippen molar-refractivity contribution < 1.29 is 4.74 Å². The van der Waals surface area contributed by atoms with E-state index < -0.39 is 0 Å². The van der Waals surface area contributed by atoms with Crippen molar-refractivity contribution in [1.82, 2.24) is 4.90 Å². The number of likely N-dealkylation sites (tertiary alicyclic amines) is 1. The summed E-state index contributed by atoms with van der Waals surface area (Å²) in [4.78, 5) is 2.70. The van der Waals surface area contributed by atoms with Crippen molar-refractivity contribution in [3.8, 4) is 0 Å². The highest BCUT2D eigenvalue weighted by Crippen LogP contribution is 2.36. The molecule has 2 fully saturated rings. The van der Waals surface area contributed by atoms with Gasteiger partial charge in [-0.2, -0.15) is 0 Å². The van der Waals surface area contributed by atoms with Gasteiger partial charge in [0.15, 0.2) is 0 Å². The summed E-state index contributed by atoms with van der Waals surface area (Å²) in [6.45, 7) is 11.1. The molecule has 2 aliphatic heterocycles. The summed E-state index contributed by atoms with van der Waals surface area (Å²) >= 11 is 0. The third-order valence-electron chi connectivity index (χ3n) is 5.52. The molecule has 0 aromatic heterocycles. The van der Waals surface area contributed by atoms with Gasteiger partial charge in [-0.3, -0.25) is 4.90 Å². The summed E-state index contributed by atoms with van der Waals surface area (Å²) < 4.78 is 5.93. The van der Waals surface area contributed by atoms with E-state index in [4.69, 9.17) is 10.5 Å². The lowest BCUT2D eigenvalue weighted by molar-refractivity contribution is -0.0871. The molecule has 19 heavy (non-hydrogen) atoms. The summed E-state index contributed by atoms with van der Waals surface area (Å²) in [6, 6.07) is 0. The Hall–Kier alpha value is -0.120. The average Bonchev–Trinajstić information content (AvgIpc) is 2.42. The Morgan fingerprint density at radius 3 is 2.74 bits per heavy atom. The molecule has 0 radical (unpaired) electrons. The second-order valence-corrected chi connectivity index (χ2v) is 6.85. The fourth-order valence-electron chi connectivity index (χ4n) is 3.80. The molecule has 3 heteroatoms. The molecule has 4 unspecified atom stereocenters. The Bertz CT molecular complexity index is 282. The zero-order valence-electron chi connectivity index (χ0n) is 13.0. The van der Waals surface area contributed by atoms with Gasteiger partial charge in [0, 0.05) is 25.2 Å². The van der Waals surface area contributed by atoms with Crippen LogP contribution in [-0.2, 0) is 4.74 Å². The van der Waals surface area contributed by atoms with E-state index in [9.17, 15) is 0 Å². The Kier molecular flexibility index (Phi) is 5.27. The molecule has 0 amide bonds. The van der Waals surface area contributed by atoms with Gasteiger partial charge in [0.1, 0.15) is 0 Å². The maximum absolute atomic E-state index is 6.21. The third-order valence-corrected chi connectivity index (χ3v) is 5.52. The van der Waals surface area contributed by atoms with Gasteiger partial charge in [0.05, 0.1) is 6.10 Å². The smallest absolute Gasteiger partial charge is 0.0593 e. The molecule has 4 atom stereocenters. The maximum atomic E-state index is 6.21. The molecule has 112 valence electrons. The van der Waals surface area contributed by atoms with Gasteiger partial charge < -0.3 is 10.5 Å². The molecule has 0 spiro atoms. The van der Waals surface area contributed by atoms with Crippen LogP contribution in [0.1, 0.15) is 52.9 Å². The number of hydrogen-bond donors (Lipinski definition) is 1. The van der Waals surface area contributed by atoms with Gasteiger partial charge in [0.25, 0.3) is 0 Å². The van der Waals surface area contributed by atoms with Crippen molar-refractivity contribution in [3.05, 3.63) is 0 Å². The monoisotopic (exact) mass is 268 g/mol. The van der Waals surface area contributed by atoms with E-state index in [2.05, 4.69) is 25.7 Å². The summed E-state index contributed by atoms with van der Waals surface area (Å²) in [5.74, 6) is 1.65. The molecule has 0 bridgehead atoms. The zero-order chi connectivity index (χ0) is 13.9. The number of hydrogen-bond acceptors (Lipinski definition) is 3. The molecule has 0 aromatic rings. The van der Waals surface area contributed by atoms with Crippen LogP contribution in [0.4, 0.5) is 0 Å². The summed E-state index contributed by atoms with van der Waals surface area (Å²) in [6.07, 6.45) is 6.39. The molecule has 2 saturated heterocycles. The standard InChI is InChI=1S/C16H32N2O/c1-4-5-15-10-16(12-17,7-9-19-15)18-8-6-13(2)14(3)11-18/h13-15H,4-12,17H2,1-3H3. The Morgan fingerprint density at radius 1 is 1.32 bits per heavy atom. The quantitative estimate of drug-likeness (QED) is 0.852. The largest absolute Gasteiger partial charge is 0.378 e. The van der Waals surface area contributed by atoms with Crippen LogP contribution in [-0.4, -0.2) is 42.8 Å². The van der Waals surface area contributed by atoms with Crippen molar-refractivity contribution in [2.24, 2.45) is 17.6 Å². The first-order valence-electron chi connectivity index (χ1n) is 8.18. The Balaban J connectivity index is 2.04. The lowest BCUT2D eigenvalue weighted by Gasteiger charge is -2.51. The van der Waals surface area contributed by atoms with Crippen molar-refractivity contribution in [3.63, 3.8) is 0 Å². The number of piperidine rings is 1. The predicted octanol–water partition coefficient (Wildman–Crippen LogP) is 2.64. The number of ether oxygens (including phenoxy) is 1. The highest BCUT2D eigenvalue weighted by Gasteiger charge is 2.42. The van der Waals surface area contributed by atoms with Gasteiger partial charge in [0.2, 0.25) is 0 Å². The van der Waals surface area contributed by atoms with Crippen molar-refractivity contribution >= 4 is 0 Å². The van der Waals surface area contributed by atoms with Crippen molar-refractivity contribution in [2.45, 2.75) is 64.5 Å². The molecule has 0 saturated carbocycles. The van der Waals surface area contributed by atoms with E-state index in [0.29, 0.717) is 6.10 Å². The van der Waals surface area contributed by atoms with Crippen LogP contribution in [0.5, 0.6) is 0 Å². The second kappa shape index (κ2) is 6.55. The minimum absolute atomic E-state index is 0.215. The maximum Gasteiger partial charge on any atom is 0.0593 e. The zero-order valence-corrected chi connectivity index (χ0v) is 13.0. The fourth-order valence-corrected chi connectivity index (χ4v) is 3.80. The van der Waals surface area contributed by atoms with Crippen molar-refractivity contribution in [1.29, 1.82) is 0 Å². The predicted molar refractivity (Wildman–Crippen MR) is 80.2 cm³/mol. The minimum atomic E-state index is 0.215. The van der Waals surface area contributed by atoms with Crippen LogP contribution in [0, 0.1) is 11.8 Å². The molecular formula is C16H32N2O. The highest BCUT2D eigenvalue weighted by molar-refractivity contribution is 4.98. The molecular weight excluding hydrogens is 236 g/mol. The van der Waals surface area contributed by atoms with E-state index in [1.165, 1.54) is 32.4 Å². The molecule has 3 nitrogen and oxygen atoms in total. The molecule has 2 heterocycles. The number of rotatable bonds is 4. The molecule has 0 aromatic carbocycles. The molecule has 0 aliphatic carbocycles. The molecule has 2 aliphatic rings. The van der Waals surface area contributed by atoms with Gasteiger partial charge >= 0.3 is 0 Å². The van der Waals surface area contributed by atoms with Gasteiger partial charge in [-0.1, -0.05) is 27.2 Å². The lowest BCUT2D eigenvalue weighted by atomic mass is 9.79. The summed E-state index contributed by atoms with van der Waals surface area (Å²) in [5, 5.41) is 0. The summed E-state index contributed by atoms with van der Waals surface area (Å²) in [7, 11) is 0. The first-order valence-corrected chi connectivity index (χ1v) is 8.18. The summed E-state index contributed by atoms with van der Waals surface area (Å²) in [5.41, 5.74) is 6.43. The molecule has 2 rings (SSSR count). The van der Waals surface area contributed by atoms with Gasteiger partial charge in [-0.25, -0.2) is 0 Å². The first kappa shape index (κ1) is 15.3. The van der Waals surface area contributed by atoms with Crippen LogP contribution >= 0.6 is 0 Å². The minimum Gasteiger partial charge on any atom is -0.378 e. The van der Waals surface area contributed by atoms with Gasteiger partial charge in [-0.15, -0.1) is 0 Å². The fraction of sp³-hybridized carbons (Fsp3) is 1.00.